The van der Waals surface area contributed by atoms with Gasteiger partial charge in [0.2, 0.25) is 0 Å². The molecule has 0 heterocycles. The first-order valence-corrected chi connectivity index (χ1v) is 6.06. The first-order chi connectivity index (χ1) is 7.60. The average Bonchev–Trinajstić information content (AvgIpc) is 2.22. The summed E-state index contributed by atoms with van der Waals surface area (Å²) >= 11 is 0. The highest BCUT2D eigenvalue weighted by molar-refractivity contribution is 5.43. The zero-order chi connectivity index (χ0) is 12.1. The quantitative estimate of drug-likeness (QED) is 0.829. The van der Waals surface area contributed by atoms with E-state index in [0.29, 0.717) is 19.1 Å². The lowest BCUT2D eigenvalue weighted by Crippen LogP contribution is -2.07. The third-order valence-electron chi connectivity index (χ3n) is 2.78. The molecule has 0 aliphatic heterocycles. The second-order valence-corrected chi connectivity index (χ2v) is 4.44. The molecular weight excluding hydrogens is 198 g/mol. The van der Waals surface area contributed by atoms with Gasteiger partial charge >= 0.3 is 0 Å². The summed E-state index contributed by atoms with van der Waals surface area (Å²) in [4.78, 5) is 0. The molecule has 16 heavy (non-hydrogen) atoms. The van der Waals surface area contributed by atoms with Crippen LogP contribution in [0.5, 0.6) is 5.75 Å². The Labute approximate surface area is 98.8 Å². The number of hydrogen-bond donors (Lipinski definition) is 1. The van der Waals surface area contributed by atoms with Gasteiger partial charge in [0, 0.05) is 0 Å². The number of benzene rings is 1. The fourth-order valence-corrected chi connectivity index (χ4v) is 2.01. The molecule has 0 amide bonds. The molecular formula is C14H23NO. The van der Waals surface area contributed by atoms with Crippen LogP contribution in [0.4, 0.5) is 0 Å². The Morgan fingerprint density at radius 3 is 2.50 bits per heavy atom. The van der Waals surface area contributed by atoms with Crippen molar-refractivity contribution in [1.82, 2.24) is 0 Å². The molecule has 2 N–H and O–H groups in total. The van der Waals surface area contributed by atoms with Crippen molar-refractivity contribution in [2.75, 3.05) is 13.2 Å². The second-order valence-electron chi connectivity index (χ2n) is 4.44. The molecule has 0 fully saturated rings. The number of nitrogens with two attached hydrogens (primary N) is 1. The number of rotatable bonds is 5. The maximum absolute atomic E-state index is 5.65. The number of hydrogen-bond acceptors (Lipinski definition) is 2. The zero-order valence-corrected chi connectivity index (χ0v) is 10.8. The highest BCUT2D eigenvalue weighted by Crippen LogP contribution is 2.28. The van der Waals surface area contributed by atoms with E-state index in [9.17, 15) is 0 Å². The van der Waals surface area contributed by atoms with E-state index in [2.05, 4.69) is 32.9 Å². The van der Waals surface area contributed by atoms with Crippen molar-refractivity contribution in [3.05, 3.63) is 28.8 Å². The lowest BCUT2D eigenvalue weighted by atomic mass is 9.94. The van der Waals surface area contributed by atoms with Crippen LogP contribution in [0, 0.1) is 6.92 Å². The van der Waals surface area contributed by atoms with Crippen molar-refractivity contribution in [2.45, 2.75) is 40.0 Å². The van der Waals surface area contributed by atoms with Crippen LogP contribution >= 0.6 is 0 Å². The normalized spacial score (nSPS) is 10.9. The lowest BCUT2D eigenvalue weighted by molar-refractivity contribution is 0.336. The Morgan fingerprint density at radius 1 is 1.31 bits per heavy atom. The van der Waals surface area contributed by atoms with E-state index < -0.39 is 0 Å². The number of ether oxygens (including phenoxy) is 1. The van der Waals surface area contributed by atoms with Gasteiger partial charge in [0.1, 0.15) is 5.75 Å². The largest absolute Gasteiger partial charge is 0.494 e. The molecule has 0 unspecified atom stereocenters. The molecule has 2 heteroatoms. The Kier molecular flexibility index (Phi) is 4.81. The minimum atomic E-state index is 0.548. The van der Waals surface area contributed by atoms with Gasteiger partial charge in [-0.2, -0.15) is 0 Å². The predicted molar refractivity (Wildman–Crippen MR) is 69.2 cm³/mol. The first-order valence-electron chi connectivity index (χ1n) is 6.06. The van der Waals surface area contributed by atoms with E-state index in [1.54, 1.807) is 0 Å². The van der Waals surface area contributed by atoms with Crippen LogP contribution in [0.1, 0.15) is 43.4 Å². The summed E-state index contributed by atoms with van der Waals surface area (Å²) in [5, 5.41) is 0. The van der Waals surface area contributed by atoms with E-state index in [1.165, 1.54) is 16.7 Å². The highest BCUT2D eigenvalue weighted by Gasteiger charge is 2.10. The topological polar surface area (TPSA) is 35.2 Å². The summed E-state index contributed by atoms with van der Waals surface area (Å²) in [6, 6.07) is 4.39. The van der Waals surface area contributed by atoms with Crippen molar-refractivity contribution >= 4 is 0 Å². The van der Waals surface area contributed by atoms with Crippen molar-refractivity contribution in [2.24, 2.45) is 5.73 Å². The molecule has 0 saturated heterocycles. The summed E-state index contributed by atoms with van der Waals surface area (Å²) in [6.07, 6.45) is 0.884. The molecule has 0 aliphatic carbocycles. The fourth-order valence-electron chi connectivity index (χ4n) is 2.01. The van der Waals surface area contributed by atoms with Gasteiger partial charge in [-0.15, -0.1) is 0 Å². The summed E-state index contributed by atoms with van der Waals surface area (Å²) in [7, 11) is 0. The standard InChI is InChI=1S/C14H23NO/c1-5-16-14-8-11(4)13(10(2)3)9-12(14)6-7-15/h8-10H,5-7,15H2,1-4H3. The van der Waals surface area contributed by atoms with Crippen molar-refractivity contribution in [1.29, 1.82) is 0 Å². The van der Waals surface area contributed by atoms with Gasteiger partial charge in [0.05, 0.1) is 6.61 Å². The fraction of sp³-hybridized carbons (Fsp3) is 0.571. The molecule has 1 aromatic rings. The second kappa shape index (κ2) is 5.90. The van der Waals surface area contributed by atoms with Crippen molar-refractivity contribution < 1.29 is 4.74 Å². The van der Waals surface area contributed by atoms with Crippen LogP contribution in [-0.4, -0.2) is 13.2 Å². The van der Waals surface area contributed by atoms with Crippen LogP contribution in [0.2, 0.25) is 0 Å². The minimum absolute atomic E-state index is 0.548. The van der Waals surface area contributed by atoms with E-state index in [0.717, 1.165) is 12.2 Å². The van der Waals surface area contributed by atoms with Gasteiger partial charge in [-0.3, -0.25) is 0 Å². The van der Waals surface area contributed by atoms with Gasteiger partial charge in [-0.25, -0.2) is 0 Å². The average molecular weight is 221 g/mol. The Bertz CT molecular complexity index is 345. The molecule has 2 nitrogen and oxygen atoms in total. The summed E-state index contributed by atoms with van der Waals surface area (Å²) in [5.74, 6) is 1.54. The Balaban J connectivity index is 3.14. The Hall–Kier alpha value is -1.02. The third-order valence-corrected chi connectivity index (χ3v) is 2.78. The van der Waals surface area contributed by atoms with Gasteiger partial charge in [-0.1, -0.05) is 19.9 Å². The first kappa shape index (κ1) is 13.0. The molecule has 0 bridgehead atoms. The summed E-state index contributed by atoms with van der Waals surface area (Å²) in [6.45, 7) is 9.96. The van der Waals surface area contributed by atoms with E-state index >= 15 is 0 Å². The smallest absolute Gasteiger partial charge is 0.122 e. The molecule has 0 aliphatic rings. The van der Waals surface area contributed by atoms with Crippen LogP contribution in [0.15, 0.2) is 12.1 Å². The molecule has 0 atom stereocenters. The molecule has 0 radical (unpaired) electrons. The number of aryl methyl sites for hydroxylation is 1. The molecule has 1 rings (SSSR count). The minimum Gasteiger partial charge on any atom is -0.494 e. The monoisotopic (exact) mass is 221 g/mol. The molecule has 0 aromatic heterocycles. The Morgan fingerprint density at radius 2 is 2.00 bits per heavy atom. The zero-order valence-electron chi connectivity index (χ0n) is 10.8. The maximum Gasteiger partial charge on any atom is 0.122 e. The van der Waals surface area contributed by atoms with Crippen LogP contribution in [0.3, 0.4) is 0 Å². The molecule has 0 spiro atoms. The van der Waals surface area contributed by atoms with Crippen LogP contribution in [0.25, 0.3) is 0 Å². The van der Waals surface area contributed by atoms with Gasteiger partial charge in [0.25, 0.3) is 0 Å². The highest BCUT2D eigenvalue weighted by atomic mass is 16.5. The summed E-state index contributed by atoms with van der Waals surface area (Å²) < 4.78 is 5.65. The van der Waals surface area contributed by atoms with Crippen LogP contribution < -0.4 is 10.5 Å². The molecule has 0 saturated carbocycles. The van der Waals surface area contributed by atoms with Gasteiger partial charge in [0.15, 0.2) is 0 Å². The van der Waals surface area contributed by atoms with E-state index in [1.807, 2.05) is 6.92 Å². The predicted octanol–water partition coefficient (Wildman–Crippen LogP) is 3.02. The molecule has 90 valence electrons. The van der Waals surface area contributed by atoms with E-state index in [4.69, 9.17) is 10.5 Å². The van der Waals surface area contributed by atoms with Crippen molar-refractivity contribution in [3.8, 4) is 5.75 Å². The van der Waals surface area contributed by atoms with Gasteiger partial charge in [-0.05, 0) is 55.5 Å². The van der Waals surface area contributed by atoms with Crippen LogP contribution in [-0.2, 0) is 6.42 Å². The third kappa shape index (κ3) is 2.99. The van der Waals surface area contributed by atoms with Gasteiger partial charge < -0.3 is 10.5 Å². The maximum atomic E-state index is 5.65. The van der Waals surface area contributed by atoms with Crippen molar-refractivity contribution in [3.63, 3.8) is 0 Å². The SMILES string of the molecule is CCOc1cc(C)c(C(C)C)cc1CCN. The lowest BCUT2D eigenvalue weighted by Gasteiger charge is -2.16. The molecule has 1 aromatic carbocycles. The summed E-state index contributed by atoms with van der Waals surface area (Å²) in [5.41, 5.74) is 9.57. The van der Waals surface area contributed by atoms with E-state index in [-0.39, 0.29) is 0 Å².